The van der Waals surface area contributed by atoms with Crippen molar-refractivity contribution in [1.29, 1.82) is 0 Å². The van der Waals surface area contributed by atoms with Gasteiger partial charge in [-0.2, -0.15) is 0 Å². The van der Waals surface area contributed by atoms with E-state index in [1.807, 2.05) is 24.3 Å². The summed E-state index contributed by atoms with van der Waals surface area (Å²) in [6.45, 7) is 0.389. The lowest BCUT2D eigenvalue weighted by Gasteiger charge is -2.16. The Kier molecular flexibility index (Phi) is 5.69. The highest BCUT2D eigenvalue weighted by atomic mass is 35.5. The first-order chi connectivity index (χ1) is 14.4. The van der Waals surface area contributed by atoms with Crippen LogP contribution in [0.2, 0.25) is 5.02 Å². The van der Waals surface area contributed by atoms with Crippen molar-refractivity contribution in [1.82, 2.24) is 10.2 Å². The second-order valence-electron chi connectivity index (χ2n) is 6.83. The molecule has 0 radical (unpaired) electrons. The molecule has 0 saturated carbocycles. The second-order valence-corrected chi connectivity index (χ2v) is 8.26. The van der Waals surface area contributed by atoms with E-state index < -0.39 is 5.91 Å². The molecule has 2 aromatic carbocycles. The minimum Gasteiger partial charge on any atom is -0.456 e. The largest absolute Gasteiger partial charge is 0.456 e. The van der Waals surface area contributed by atoms with Gasteiger partial charge in [0.15, 0.2) is 0 Å². The molecule has 2 aliphatic heterocycles. The van der Waals surface area contributed by atoms with Gasteiger partial charge in [-0.15, -0.1) is 0 Å². The van der Waals surface area contributed by atoms with Gasteiger partial charge in [0.1, 0.15) is 18.1 Å². The number of halogens is 1. The van der Waals surface area contributed by atoms with Gasteiger partial charge in [-0.25, -0.2) is 4.79 Å². The number of ether oxygens (including phenoxy) is 2. The highest BCUT2D eigenvalue weighted by Gasteiger charge is 2.29. The number of carbonyl (C=O) groups is 3. The van der Waals surface area contributed by atoms with Crippen LogP contribution in [0.25, 0.3) is 6.08 Å². The first kappa shape index (κ1) is 20.3. The summed E-state index contributed by atoms with van der Waals surface area (Å²) in [5.41, 5.74) is 1.75. The van der Waals surface area contributed by atoms with Crippen molar-refractivity contribution in [2.24, 2.45) is 0 Å². The lowest BCUT2D eigenvalue weighted by Crippen LogP contribution is -2.30. The minimum absolute atomic E-state index is 0.0239. The number of imide groups is 1. The van der Waals surface area contributed by atoms with Crippen LogP contribution < -0.4 is 10.1 Å². The Morgan fingerprint density at radius 3 is 2.60 bits per heavy atom. The number of amides is 3. The number of nitrogens with one attached hydrogen (secondary N) is 1. The predicted octanol–water partition coefficient (Wildman–Crippen LogP) is 4.45. The monoisotopic (exact) mass is 444 g/mol. The van der Waals surface area contributed by atoms with E-state index in [1.165, 1.54) is 0 Å². The molecule has 2 saturated heterocycles. The van der Waals surface area contributed by atoms with Crippen molar-refractivity contribution in [3.8, 4) is 11.5 Å². The van der Waals surface area contributed by atoms with Crippen molar-refractivity contribution in [2.45, 2.75) is 12.5 Å². The van der Waals surface area contributed by atoms with Gasteiger partial charge in [-0.1, -0.05) is 29.8 Å². The molecule has 154 valence electrons. The Morgan fingerprint density at radius 2 is 2.00 bits per heavy atom. The van der Waals surface area contributed by atoms with E-state index >= 15 is 0 Å². The second kappa shape index (κ2) is 8.41. The summed E-state index contributed by atoms with van der Waals surface area (Å²) in [6.07, 6.45) is 2.00. The molecule has 1 atom stereocenters. The van der Waals surface area contributed by atoms with E-state index in [2.05, 4.69) is 5.32 Å². The third-order valence-electron chi connectivity index (χ3n) is 4.75. The number of rotatable bonds is 5. The number of hydrogen-bond donors (Lipinski definition) is 1. The average molecular weight is 445 g/mol. The topological polar surface area (TPSA) is 84.9 Å². The molecule has 2 fully saturated rings. The highest BCUT2D eigenvalue weighted by molar-refractivity contribution is 8.18. The Labute approximate surface area is 182 Å². The number of cyclic esters (lactones) is 1. The SMILES string of the molecule is CN1C(=O)OCC1Cc1ccc(Oc2ccc(C=C3SC(=O)NC3=O)cc2Cl)cc1. The Morgan fingerprint density at radius 1 is 1.23 bits per heavy atom. The number of carbonyl (C=O) groups excluding carboxylic acids is 3. The fraction of sp³-hybridized carbons (Fsp3) is 0.190. The standard InChI is InChI=1S/C21H17ClN2O5S/c1-24-14(11-28-21(24)27)8-12-2-5-15(6-3-12)29-17-7-4-13(9-16(17)22)10-18-19(25)23-20(26)30-18/h2-7,9-10,14H,8,11H2,1H3,(H,23,25,26). The van der Waals surface area contributed by atoms with E-state index in [-0.39, 0.29) is 17.4 Å². The molecule has 0 aliphatic carbocycles. The molecule has 9 heteroatoms. The molecule has 0 bridgehead atoms. The van der Waals surface area contributed by atoms with Gasteiger partial charge in [0, 0.05) is 7.05 Å². The van der Waals surface area contributed by atoms with Gasteiger partial charge in [-0.05, 0) is 59.7 Å². The molecule has 2 aliphatic rings. The number of benzene rings is 2. The smallest absolute Gasteiger partial charge is 0.409 e. The molecule has 4 rings (SSSR count). The highest BCUT2D eigenvalue weighted by Crippen LogP contribution is 2.32. The summed E-state index contributed by atoms with van der Waals surface area (Å²) in [6, 6.07) is 12.7. The summed E-state index contributed by atoms with van der Waals surface area (Å²) in [7, 11) is 1.73. The number of hydrogen-bond acceptors (Lipinski definition) is 6. The van der Waals surface area contributed by atoms with Gasteiger partial charge < -0.3 is 14.4 Å². The Hall–Kier alpha value is -2.97. The molecule has 3 amide bonds. The normalized spacial score (nSPS) is 19.9. The summed E-state index contributed by atoms with van der Waals surface area (Å²) in [4.78, 5) is 36.3. The molecule has 30 heavy (non-hydrogen) atoms. The maximum Gasteiger partial charge on any atom is 0.409 e. The number of thioether (sulfide) groups is 1. The summed E-state index contributed by atoms with van der Waals surface area (Å²) >= 11 is 7.18. The summed E-state index contributed by atoms with van der Waals surface area (Å²) < 4.78 is 10.9. The van der Waals surface area contributed by atoms with E-state index in [1.54, 1.807) is 36.2 Å². The maximum absolute atomic E-state index is 11.6. The zero-order chi connectivity index (χ0) is 21.3. The molecule has 0 aromatic heterocycles. The summed E-state index contributed by atoms with van der Waals surface area (Å²) in [5, 5.41) is 2.20. The van der Waals surface area contributed by atoms with Crippen LogP contribution in [0.1, 0.15) is 11.1 Å². The van der Waals surface area contributed by atoms with Gasteiger partial charge >= 0.3 is 6.09 Å². The number of likely N-dealkylation sites (N-methyl/N-ethyl adjacent to an activating group) is 1. The Balaban J connectivity index is 1.42. The minimum atomic E-state index is -0.415. The molecule has 2 aromatic rings. The number of nitrogens with zero attached hydrogens (tertiary/aromatic N) is 1. The molecular formula is C21H17ClN2O5S. The van der Waals surface area contributed by atoms with Crippen LogP contribution in [0.3, 0.4) is 0 Å². The zero-order valence-corrected chi connectivity index (χ0v) is 17.5. The third kappa shape index (κ3) is 4.44. The molecular weight excluding hydrogens is 428 g/mol. The molecule has 1 unspecified atom stereocenters. The molecule has 1 N–H and O–H groups in total. The van der Waals surface area contributed by atoms with Crippen LogP contribution in [0.15, 0.2) is 47.4 Å². The van der Waals surface area contributed by atoms with Crippen LogP contribution >= 0.6 is 23.4 Å². The summed E-state index contributed by atoms with van der Waals surface area (Å²) in [5.74, 6) is 0.678. The fourth-order valence-corrected chi connectivity index (χ4v) is 3.99. The first-order valence-electron chi connectivity index (χ1n) is 9.10. The lowest BCUT2D eigenvalue weighted by molar-refractivity contribution is -0.115. The maximum atomic E-state index is 11.6. The van der Waals surface area contributed by atoms with Crippen LogP contribution in [0.4, 0.5) is 9.59 Å². The van der Waals surface area contributed by atoms with Crippen LogP contribution in [-0.2, 0) is 16.0 Å². The van der Waals surface area contributed by atoms with Crippen LogP contribution in [-0.4, -0.2) is 41.8 Å². The van der Waals surface area contributed by atoms with E-state index in [4.69, 9.17) is 21.1 Å². The quantitative estimate of drug-likeness (QED) is 0.686. The van der Waals surface area contributed by atoms with Crippen LogP contribution in [0.5, 0.6) is 11.5 Å². The lowest BCUT2D eigenvalue weighted by atomic mass is 10.1. The molecule has 0 spiro atoms. The van der Waals surface area contributed by atoms with E-state index in [0.717, 1.165) is 17.3 Å². The van der Waals surface area contributed by atoms with Gasteiger partial charge in [0.05, 0.1) is 16.0 Å². The van der Waals surface area contributed by atoms with Crippen molar-refractivity contribution in [3.63, 3.8) is 0 Å². The first-order valence-corrected chi connectivity index (χ1v) is 10.3. The molecule has 2 heterocycles. The molecule has 7 nitrogen and oxygen atoms in total. The third-order valence-corrected chi connectivity index (χ3v) is 5.86. The van der Waals surface area contributed by atoms with Crippen LogP contribution in [0, 0.1) is 0 Å². The predicted molar refractivity (Wildman–Crippen MR) is 114 cm³/mol. The van der Waals surface area contributed by atoms with Crippen molar-refractivity contribution in [3.05, 3.63) is 63.5 Å². The van der Waals surface area contributed by atoms with Crippen molar-refractivity contribution < 1.29 is 23.9 Å². The van der Waals surface area contributed by atoms with E-state index in [0.29, 0.717) is 40.0 Å². The zero-order valence-electron chi connectivity index (χ0n) is 15.9. The Bertz CT molecular complexity index is 1050. The van der Waals surface area contributed by atoms with Gasteiger partial charge in [0.2, 0.25) is 0 Å². The van der Waals surface area contributed by atoms with Crippen molar-refractivity contribution in [2.75, 3.05) is 13.7 Å². The van der Waals surface area contributed by atoms with Crippen molar-refractivity contribution >= 4 is 46.7 Å². The van der Waals surface area contributed by atoms with Gasteiger partial charge in [0.25, 0.3) is 11.1 Å². The van der Waals surface area contributed by atoms with E-state index in [9.17, 15) is 14.4 Å². The average Bonchev–Trinajstić information content (AvgIpc) is 3.20. The fourth-order valence-electron chi connectivity index (χ4n) is 3.08. The van der Waals surface area contributed by atoms with Gasteiger partial charge in [-0.3, -0.25) is 14.9 Å².